The molecule has 1 rings (SSSR count). The first-order valence-corrected chi connectivity index (χ1v) is 6.70. The summed E-state index contributed by atoms with van der Waals surface area (Å²) in [5.74, 6) is 1.52. The Kier molecular flexibility index (Phi) is 9.65. The van der Waals surface area contributed by atoms with Crippen LogP contribution < -0.4 is 10.6 Å². The molecular weight excluding hydrogens is 349 g/mol. The topological polar surface area (TPSA) is 36.4 Å². The van der Waals surface area contributed by atoms with Crippen LogP contribution in [0.1, 0.15) is 31.9 Å². The zero-order chi connectivity index (χ0) is 13.4. The Morgan fingerprint density at radius 2 is 1.89 bits per heavy atom. The number of aliphatic imine (C=N–C) groups is 1. The van der Waals surface area contributed by atoms with Crippen LogP contribution >= 0.6 is 24.0 Å². The van der Waals surface area contributed by atoms with Crippen LogP contribution in [-0.4, -0.2) is 19.0 Å². The van der Waals surface area contributed by atoms with Crippen LogP contribution in [0.4, 0.5) is 0 Å². The Balaban J connectivity index is 0.00000324. The van der Waals surface area contributed by atoms with Crippen LogP contribution in [0.25, 0.3) is 0 Å². The Bertz CT molecular complexity index is 389. The molecular formula is C15H26IN3. The summed E-state index contributed by atoms with van der Waals surface area (Å²) in [6.07, 6.45) is 0. The molecule has 1 aromatic rings. The first kappa shape index (κ1) is 18.2. The summed E-state index contributed by atoms with van der Waals surface area (Å²) < 4.78 is 0. The number of hydrogen-bond donors (Lipinski definition) is 2. The van der Waals surface area contributed by atoms with Gasteiger partial charge in [0.05, 0.1) is 6.54 Å². The zero-order valence-corrected chi connectivity index (χ0v) is 14.7. The van der Waals surface area contributed by atoms with E-state index in [-0.39, 0.29) is 24.0 Å². The van der Waals surface area contributed by atoms with Gasteiger partial charge in [0.2, 0.25) is 0 Å². The van der Waals surface area contributed by atoms with Crippen molar-refractivity contribution < 1.29 is 0 Å². The third kappa shape index (κ3) is 7.40. The van der Waals surface area contributed by atoms with Gasteiger partial charge < -0.3 is 10.6 Å². The standard InChI is InChI=1S/C15H25N3.HI/c1-5-16-15(17-10-12(2)3)18-11-14-9-7-6-8-13(14)4;/h6-9,12H,5,10-11H2,1-4H3,(H2,16,17,18);1H. The fraction of sp³-hybridized carbons (Fsp3) is 0.533. The van der Waals surface area contributed by atoms with Gasteiger partial charge in [-0.2, -0.15) is 0 Å². The highest BCUT2D eigenvalue weighted by Crippen LogP contribution is 2.07. The molecule has 4 heteroatoms. The number of rotatable bonds is 5. The molecule has 0 saturated carbocycles. The summed E-state index contributed by atoms with van der Waals surface area (Å²) in [6.45, 7) is 11.1. The van der Waals surface area contributed by atoms with E-state index in [2.05, 4.69) is 67.6 Å². The number of halogens is 1. The fourth-order valence-corrected chi connectivity index (χ4v) is 1.59. The number of hydrogen-bond acceptors (Lipinski definition) is 1. The third-order valence-electron chi connectivity index (χ3n) is 2.69. The van der Waals surface area contributed by atoms with Crippen LogP contribution in [0.5, 0.6) is 0 Å². The van der Waals surface area contributed by atoms with Crippen LogP contribution in [0.15, 0.2) is 29.3 Å². The summed E-state index contributed by atoms with van der Waals surface area (Å²) >= 11 is 0. The SMILES string of the molecule is CCNC(=NCc1ccccc1C)NCC(C)C.I. The maximum atomic E-state index is 4.61. The lowest BCUT2D eigenvalue weighted by Gasteiger charge is -2.13. The molecule has 0 atom stereocenters. The van der Waals surface area contributed by atoms with Gasteiger partial charge in [0.15, 0.2) is 5.96 Å². The van der Waals surface area contributed by atoms with Crippen molar-refractivity contribution in [1.29, 1.82) is 0 Å². The van der Waals surface area contributed by atoms with Gasteiger partial charge in [0.25, 0.3) is 0 Å². The lowest BCUT2D eigenvalue weighted by atomic mass is 10.1. The highest BCUT2D eigenvalue weighted by atomic mass is 127. The van der Waals surface area contributed by atoms with Crippen LogP contribution in [-0.2, 0) is 6.54 Å². The fourth-order valence-electron chi connectivity index (χ4n) is 1.59. The van der Waals surface area contributed by atoms with E-state index >= 15 is 0 Å². The first-order valence-electron chi connectivity index (χ1n) is 6.70. The van der Waals surface area contributed by atoms with Crippen molar-refractivity contribution >= 4 is 29.9 Å². The maximum Gasteiger partial charge on any atom is 0.191 e. The summed E-state index contributed by atoms with van der Waals surface area (Å²) in [5, 5.41) is 6.62. The second-order valence-corrected chi connectivity index (χ2v) is 4.90. The third-order valence-corrected chi connectivity index (χ3v) is 2.69. The second kappa shape index (κ2) is 10.1. The van der Waals surface area contributed by atoms with Crippen molar-refractivity contribution in [2.45, 2.75) is 34.2 Å². The summed E-state index contributed by atoms with van der Waals surface area (Å²) in [6, 6.07) is 8.38. The molecule has 0 fully saturated rings. The molecule has 0 radical (unpaired) electrons. The molecule has 108 valence electrons. The predicted molar refractivity (Wildman–Crippen MR) is 94.3 cm³/mol. The molecule has 2 N–H and O–H groups in total. The van der Waals surface area contributed by atoms with Gasteiger partial charge in [-0.3, -0.25) is 0 Å². The van der Waals surface area contributed by atoms with E-state index in [1.807, 2.05) is 0 Å². The summed E-state index contributed by atoms with van der Waals surface area (Å²) in [4.78, 5) is 4.61. The second-order valence-electron chi connectivity index (χ2n) is 4.90. The van der Waals surface area contributed by atoms with Crippen molar-refractivity contribution in [1.82, 2.24) is 10.6 Å². The van der Waals surface area contributed by atoms with Crippen molar-refractivity contribution in [3.05, 3.63) is 35.4 Å². The van der Waals surface area contributed by atoms with Crippen LogP contribution in [0.3, 0.4) is 0 Å². The average Bonchev–Trinajstić information content (AvgIpc) is 2.34. The highest BCUT2D eigenvalue weighted by molar-refractivity contribution is 14.0. The quantitative estimate of drug-likeness (QED) is 0.471. The number of nitrogens with one attached hydrogen (secondary N) is 2. The Morgan fingerprint density at radius 3 is 2.47 bits per heavy atom. The maximum absolute atomic E-state index is 4.61. The van der Waals surface area contributed by atoms with E-state index in [0.29, 0.717) is 5.92 Å². The molecule has 0 aliphatic heterocycles. The first-order chi connectivity index (χ1) is 8.63. The Morgan fingerprint density at radius 1 is 1.21 bits per heavy atom. The molecule has 0 aliphatic rings. The molecule has 0 unspecified atom stereocenters. The predicted octanol–water partition coefficient (Wildman–Crippen LogP) is 3.32. The highest BCUT2D eigenvalue weighted by Gasteiger charge is 2.00. The smallest absolute Gasteiger partial charge is 0.191 e. The molecule has 0 aromatic heterocycles. The molecule has 0 amide bonds. The van der Waals surface area contributed by atoms with Crippen LogP contribution in [0.2, 0.25) is 0 Å². The van der Waals surface area contributed by atoms with E-state index in [9.17, 15) is 0 Å². The van der Waals surface area contributed by atoms with E-state index < -0.39 is 0 Å². The van der Waals surface area contributed by atoms with Crippen molar-refractivity contribution in [3.8, 4) is 0 Å². The Hall–Kier alpha value is -0.780. The average molecular weight is 375 g/mol. The minimum absolute atomic E-state index is 0. The normalized spacial score (nSPS) is 11.1. The van der Waals surface area contributed by atoms with Gasteiger partial charge in [0, 0.05) is 13.1 Å². The lowest BCUT2D eigenvalue weighted by molar-refractivity contribution is 0.615. The number of nitrogens with zero attached hydrogens (tertiary/aromatic N) is 1. The minimum atomic E-state index is 0. The number of guanidine groups is 1. The van der Waals surface area contributed by atoms with E-state index in [1.165, 1.54) is 11.1 Å². The van der Waals surface area contributed by atoms with Gasteiger partial charge in [-0.15, -0.1) is 24.0 Å². The van der Waals surface area contributed by atoms with Gasteiger partial charge in [0.1, 0.15) is 0 Å². The van der Waals surface area contributed by atoms with Gasteiger partial charge >= 0.3 is 0 Å². The Labute approximate surface area is 134 Å². The summed E-state index contributed by atoms with van der Waals surface area (Å²) in [7, 11) is 0. The van der Waals surface area contributed by atoms with Gasteiger partial charge in [-0.25, -0.2) is 4.99 Å². The molecule has 3 nitrogen and oxygen atoms in total. The van der Waals surface area contributed by atoms with Gasteiger partial charge in [-0.1, -0.05) is 38.1 Å². The molecule has 0 heterocycles. The summed E-state index contributed by atoms with van der Waals surface area (Å²) in [5.41, 5.74) is 2.57. The van der Waals surface area contributed by atoms with Crippen LogP contribution in [0, 0.1) is 12.8 Å². The van der Waals surface area contributed by atoms with E-state index in [0.717, 1.165) is 25.6 Å². The van der Waals surface area contributed by atoms with Crippen molar-refractivity contribution in [3.63, 3.8) is 0 Å². The number of aryl methyl sites for hydroxylation is 1. The van der Waals surface area contributed by atoms with Crippen molar-refractivity contribution in [2.75, 3.05) is 13.1 Å². The van der Waals surface area contributed by atoms with Crippen molar-refractivity contribution in [2.24, 2.45) is 10.9 Å². The molecule has 0 bridgehead atoms. The molecule has 1 aromatic carbocycles. The zero-order valence-electron chi connectivity index (χ0n) is 12.4. The lowest BCUT2D eigenvalue weighted by Crippen LogP contribution is -2.39. The molecule has 19 heavy (non-hydrogen) atoms. The molecule has 0 saturated heterocycles. The monoisotopic (exact) mass is 375 g/mol. The van der Waals surface area contributed by atoms with E-state index in [1.54, 1.807) is 0 Å². The molecule has 0 spiro atoms. The minimum Gasteiger partial charge on any atom is -0.357 e. The van der Waals surface area contributed by atoms with Gasteiger partial charge in [-0.05, 0) is 30.9 Å². The molecule has 0 aliphatic carbocycles. The van der Waals surface area contributed by atoms with E-state index in [4.69, 9.17) is 0 Å². The largest absolute Gasteiger partial charge is 0.357 e. The number of benzene rings is 1.